The van der Waals surface area contributed by atoms with Crippen LogP contribution in [0.3, 0.4) is 0 Å². The minimum atomic E-state index is -0.897. The minimum Gasteiger partial charge on any atom is -0.478 e. The van der Waals surface area contributed by atoms with E-state index in [2.05, 4.69) is 0 Å². The molecule has 2 rings (SSSR count). The summed E-state index contributed by atoms with van der Waals surface area (Å²) < 4.78 is 0.778. The van der Waals surface area contributed by atoms with Crippen molar-refractivity contribution in [1.29, 1.82) is 0 Å². The second-order valence-corrected chi connectivity index (χ2v) is 6.18. The Hall–Kier alpha value is -0.970. The lowest BCUT2D eigenvalue weighted by molar-refractivity contribution is 0.0696. The maximum atomic E-state index is 10.8. The van der Waals surface area contributed by atoms with Crippen LogP contribution in [0.1, 0.15) is 15.2 Å². The molecule has 0 saturated carbocycles. The maximum absolute atomic E-state index is 10.8. The highest BCUT2D eigenvalue weighted by Gasteiger charge is 2.04. The van der Waals surface area contributed by atoms with Crippen molar-refractivity contribution in [3.8, 4) is 0 Å². The van der Waals surface area contributed by atoms with Gasteiger partial charge >= 0.3 is 5.97 Å². The number of thiophene rings is 1. The summed E-state index contributed by atoms with van der Waals surface area (Å²) in [5.41, 5.74) is 0.319. The van der Waals surface area contributed by atoms with Crippen LogP contribution in [0.4, 0.5) is 0 Å². The van der Waals surface area contributed by atoms with E-state index in [4.69, 9.17) is 16.7 Å². The van der Waals surface area contributed by atoms with E-state index in [0.717, 1.165) is 15.0 Å². The van der Waals surface area contributed by atoms with E-state index in [1.165, 1.54) is 4.88 Å². The Labute approximate surface area is 112 Å². The highest BCUT2D eigenvalue weighted by molar-refractivity contribution is 7.98. The van der Waals surface area contributed by atoms with Gasteiger partial charge in [0.1, 0.15) is 0 Å². The first kappa shape index (κ1) is 12.5. The van der Waals surface area contributed by atoms with E-state index in [1.54, 1.807) is 41.3 Å². The number of benzene rings is 1. The molecule has 0 aliphatic carbocycles. The molecule has 0 saturated heterocycles. The molecular weight excluding hydrogens is 276 g/mol. The molecule has 1 heterocycles. The number of halogens is 1. The van der Waals surface area contributed by atoms with E-state index in [0.29, 0.717) is 5.56 Å². The zero-order valence-corrected chi connectivity index (χ0v) is 11.1. The number of carboxylic acid groups (broad SMARTS) is 1. The number of carboxylic acids is 1. The summed E-state index contributed by atoms with van der Waals surface area (Å²) in [4.78, 5) is 12.9. The van der Waals surface area contributed by atoms with Crippen molar-refractivity contribution in [2.75, 3.05) is 0 Å². The number of carbonyl (C=O) groups is 1. The number of thioether (sulfide) groups is 1. The fourth-order valence-electron chi connectivity index (χ4n) is 1.30. The number of rotatable bonds is 4. The Morgan fingerprint density at radius 2 is 2.18 bits per heavy atom. The molecule has 0 aliphatic heterocycles. The highest BCUT2D eigenvalue weighted by Crippen LogP contribution is 2.29. The first-order valence-corrected chi connectivity index (χ1v) is 7.03. The van der Waals surface area contributed by atoms with Gasteiger partial charge < -0.3 is 5.11 Å². The summed E-state index contributed by atoms with van der Waals surface area (Å²) in [6.45, 7) is 0. The Morgan fingerprint density at radius 3 is 2.82 bits per heavy atom. The molecule has 17 heavy (non-hydrogen) atoms. The molecule has 2 nitrogen and oxygen atoms in total. The fourth-order valence-corrected chi connectivity index (χ4v) is 3.39. The van der Waals surface area contributed by atoms with Crippen LogP contribution in [0.5, 0.6) is 0 Å². The van der Waals surface area contributed by atoms with Gasteiger partial charge in [0.25, 0.3) is 0 Å². The van der Waals surface area contributed by atoms with Crippen LogP contribution in [0.25, 0.3) is 0 Å². The van der Waals surface area contributed by atoms with Crippen molar-refractivity contribution >= 4 is 40.7 Å². The molecule has 2 aromatic rings. The number of hydrogen-bond acceptors (Lipinski definition) is 3. The number of hydrogen-bond donors (Lipinski definition) is 1. The van der Waals surface area contributed by atoms with E-state index < -0.39 is 5.97 Å². The Bertz CT molecular complexity index is 537. The van der Waals surface area contributed by atoms with Gasteiger partial charge in [0, 0.05) is 15.5 Å². The topological polar surface area (TPSA) is 37.3 Å². The quantitative estimate of drug-likeness (QED) is 0.846. The van der Waals surface area contributed by atoms with Gasteiger partial charge in [-0.3, -0.25) is 0 Å². The molecule has 0 atom stereocenters. The van der Waals surface area contributed by atoms with E-state index in [9.17, 15) is 4.79 Å². The first-order chi connectivity index (χ1) is 8.15. The van der Waals surface area contributed by atoms with Gasteiger partial charge in [-0.2, -0.15) is 0 Å². The van der Waals surface area contributed by atoms with Gasteiger partial charge in [-0.05, 0) is 30.3 Å². The lowest BCUT2D eigenvalue weighted by Gasteiger charge is -2.01. The second kappa shape index (κ2) is 5.58. The zero-order valence-electron chi connectivity index (χ0n) is 8.72. The van der Waals surface area contributed by atoms with E-state index in [-0.39, 0.29) is 0 Å². The van der Waals surface area contributed by atoms with Gasteiger partial charge in [0.2, 0.25) is 0 Å². The standard InChI is InChI=1S/C12H9ClO2S2/c13-11-5-4-10(17-11)7-16-9-3-1-2-8(6-9)12(14)15/h1-6H,7H2,(H,14,15). The van der Waals surface area contributed by atoms with Crippen molar-refractivity contribution in [1.82, 2.24) is 0 Å². The van der Waals surface area contributed by atoms with Crippen LogP contribution in [0.15, 0.2) is 41.3 Å². The molecule has 1 aromatic heterocycles. The lowest BCUT2D eigenvalue weighted by Crippen LogP contribution is -1.95. The van der Waals surface area contributed by atoms with Gasteiger partial charge in [0.05, 0.1) is 9.90 Å². The van der Waals surface area contributed by atoms with Crippen LogP contribution < -0.4 is 0 Å². The third-order valence-electron chi connectivity index (χ3n) is 2.09. The van der Waals surface area contributed by atoms with E-state index >= 15 is 0 Å². The monoisotopic (exact) mass is 284 g/mol. The molecule has 88 valence electrons. The van der Waals surface area contributed by atoms with Gasteiger partial charge in [-0.15, -0.1) is 23.1 Å². The summed E-state index contributed by atoms with van der Waals surface area (Å²) in [7, 11) is 0. The molecule has 0 spiro atoms. The predicted octanol–water partition coefficient (Wildman–Crippen LogP) is 4.39. The highest BCUT2D eigenvalue weighted by atomic mass is 35.5. The summed E-state index contributed by atoms with van der Waals surface area (Å²) in [6, 6.07) is 10.8. The van der Waals surface area contributed by atoms with Crippen molar-refractivity contribution in [3.63, 3.8) is 0 Å². The number of aromatic carboxylic acids is 1. The molecular formula is C12H9ClO2S2. The minimum absolute atomic E-state index is 0.319. The smallest absolute Gasteiger partial charge is 0.335 e. The Morgan fingerprint density at radius 1 is 1.35 bits per heavy atom. The normalized spacial score (nSPS) is 10.4. The van der Waals surface area contributed by atoms with Gasteiger partial charge in [-0.1, -0.05) is 17.7 Å². The Kier molecular flexibility index (Phi) is 4.10. The maximum Gasteiger partial charge on any atom is 0.335 e. The molecule has 0 aliphatic rings. The average molecular weight is 285 g/mol. The molecule has 0 radical (unpaired) electrons. The van der Waals surface area contributed by atoms with Crippen molar-refractivity contribution in [3.05, 3.63) is 51.2 Å². The fraction of sp³-hybridized carbons (Fsp3) is 0.0833. The molecule has 0 bridgehead atoms. The molecule has 0 fully saturated rings. The SMILES string of the molecule is O=C(O)c1cccc(SCc2ccc(Cl)s2)c1. The first-order valence-electron chi connectivity index (χ1n) is 4.85. The average Bonchev–Trinajstić information content (AvgIpc) is 2.73. The van der Waals surface area contributed by atoms with Crippen LogP contribution in [-0.2, 0) is 5.75 Å². The molecule has 1 N–H and O–H groups in total. The molecule has 0 unspecified atom stereocenters. The van der Waals surface area contributed by atoms with Gasteiger partial charge in [0.15, 0.2) is 0 Å². The second-order valence-electron chi connectivity index (χ2n) is 3.33. The van der Waals surface area contributed by atoms with E-state index in [1.807, 2.05) is 18.2 Å². The van der Waals surface area contributed by atoms with Crippen LogP contribution in [-0.4, -0.2) is 11.1 Å². The summed E-state index contributed by atoms with van der Waals surface area (Å²) in [5, 5.41) is 8.87. The summed E-state index contributed by atoms with van der Waals surface area (Å²) >= 11 is 8.99. The third kappa shape index (κ3) is 3.49. The van der Waals surface area contributed by atoms with Crippen LogP contribution >= 0.6 is 34.7 Å². The molecule has 0 amide bonds. The van der Waals surface area contributed by atoms with Crippen molar-refractivity contribution in [2.45, 2.75) is 10.6 Å². The third-order valence-corrected chi connectivity index (χ3v) is 4.55. The summed E-state index contributed by atoms with van der Waals surface area (Å²) in [5.74, 6) is -0.0906. The van der Waals surface area contributed by atoms with Crippen molar-refractivity contribution < 1.29 is 9.90 Å². The van der Waals surface area contributed by atoms with Crippen LogP contribution in [0, 0.1) is 0 Å². The summed E-state index contributed by atoms with van der Waals surface area (Å²) in [6.07, 6.45) is 0. The van der Waals surface area contributed by atoms with Crippen molar-refractivity contribution in [2.24, 2.45) is 0 Å². The zero-order chi connectivity index (χ0) is 12.3. The Balaban J connectivity index is 2.04. The van der Waals surface area contributed by atoms with Crippen LogP contribution in [0.2, 0.25) is 4.34 Å². The van der Waals surface area contributed by atoms with Gasteiger partial charge in [-0.25, -0.2) is 4.79 Å². The molecule has 1 aromatic carbocycles. The largest absolute Gasteiger partial charge is 0.478 e. The lowest BCUT2D eigenvalue weighted by atomic mass is 10.2. The predicted molar refractivity (Wildman–Crippen MR) is 72.3 cm³/mol. The molecule has 5 heteroatoms.